The Labute approximate surface area is 278 Å². The molecule has 1 aliphatic rings. The molecule has 11 heteroatoms. The first kappa shape index (κ1) is 36.8. The van der Waals surface area contributed by atoms with Gasteiger partial charge >= 0.3 is 11.9 Å². The number of amides is 1. The van der Waals surface area contributed by atoms with Crippen molar-refractivity contribution in [1.29, 1.82) is 0 Å². The monoisotopic (exact) mass is 652 g/mol. The molecule has 0 spiro atoms. The van der Waals surface area contributed by atoms with E-state index in [1.54, 1.807) is 14.0 Å². The van der Waals surface area contributed by atoms with E-state index in [-0.39, 0.29) is 24.7 Å². The van der Waals surface area contributed by atoms with Crippen LogP contribution in [0, 0.1) is 12.8 Å². The van der Waals surface area contributed by atoms with Gasteiger partial charge in [-0.3, -0.25) is 9.59 Å². The lowest BCUT2D eigenvalue weighted by Gasteiger charge is -2.18. The van der Waals surface area contributed by atoms with Crippen LogP contribution >= 0.6 is 0 Å². The number of hydrogen-bond donors (Lipinski definition) is 1. The summed E-state index contributed by atoms with van der Waals surface area (Å²) in [6.07, 6.45) is 4.96. The van der Waals surface area contributed by atoms with Crippen LogP contribution in [0.3, 0.4) is 0 Å². The van der Waals surface area contributed by atoms with Gasteiger partial charge in [-0.05, 0) is 56.7 Å². The predicted octanol–water partition coefficient (Wildman–Crippen LogP) is 5.70. The number of pyridine rings is 1. The van der Waals surface area contributed by atoms with E-state index in [9.17, 15) is 14.4 Å². The van der Waals surface area contributed by atoms with E-state index in [2.05, 4.69) is 53.6 Å². The number of aromatic nitrogens is 1. The number of aryl methyl sites for hydroxylation is 1. The fraction of sp³-hybridized carbons (Fsp3) is 0.444. The Hall–Kier alpha value is -4.64. The second-order valence-corrected chi connectivity index (χ2v) is 11.3. The molecule has 1 amide bonds. The molecule has 3 aromatic rings. The van der Waals surface area contributed by atoms with Gasteiger partial charge in [-0.1, -0.05) is 48.0 Å². The molecule has 1 aromatic heterocycles. The fourth-order valence-corrected chi connectivity index (χ4v) is 4.39. The largest absolute Gasteiger partial charge is 0.496 e. The summed E-state index contributed by atoms with van der Waals surface area (Å²) in [6, 6.07) is 17.3. The number of methoxy groups -OCH3 is 2. The Morgan fingerprint density at radius 2 is 1.72 bits per heavy atom. The molecule has 1 aliphatic carbocycles. The van der Waals surface area contributed by atoms with Crippen molar-refractivity contribution in [3.63, 3.8) is 0 Å². The van der Waals surface area contributed by atoms with E-state index in [1.165, 1.54) is 62.8 Å². The Kier molecular flexibility index (Phi) is 15.0. The fourth-order valence-electron chi connectivity index (χ4n) is 4.39. The highest BCUT2D eigenvalue weighted by Crippen LogP contribution is 2.30. The van der Waals surface area contributed by atoms with Crippen LogP contribution in [0.25, 0.3) is 0 Å². The zero-order valence-electron chi connectivity index (χ0n) is 28.1. The molecule has 4 rings (SSSR count). The minimum absolute atomic E-state index is 0. The number of esters is 2. The smallest absolute Gasteiger partial charge is 0.328 e. The molecule has 11 nitrogen and oxygen atoms in total. The summed E-state index contributed by atoms with van der Waals surface area (Å²) in [4.78, 5) is 39.9. The molecule has 2 atom stereocenters. The lowest BCUT2D eigenvalue weighted by molar-refractivity contribution is -0.151. The van der Waals surface area contributed by atoms with Gasteiger partial charge in [-0.2, -0.15) is 0 Å². The first-order chi connectivity index (χ1) is 22.6. The van der Waals surface area contributed by atoms with Crippen LogP contribution in [0.4, 0.5) is 0 Å². The zero-order chi connectivity index (χ0) is 34.2. The van der Waals surface area contributed by atoms with Crippen LogP contribution < -0.4 is 19.5 Å². The van der Waals surface area contributed by atoms with Crippen molar-refractivity contribution in [3.05, 3.63) is 83.2 Å². The maximum absolute atomic E-state index is 12.7. The number of hydrogen-bond acceptors (Lipinski definition) is 10. The van der Waals surface area contributed by atoms with Crippen molar-refractivity contribution in [2.24, 2.45) is 5.92 Å². The molecule has 47 heavy (non-hydrogen) atoms. The molecular weight excluding hydrogens is 604 g/mol. The Morgan fingerprint density at radius 3 is 2.38 bits per heavy atom. The maximum atomic E-state index is 12.7. The summed E-state index contributed by atoms with van der Waals surface area (Å²) < 4.78 is 31.6. The topological polar surface area (TPSA) is 132 Å². The van der Waals surface area contributed by atoms with Crippen molar-refractivity contribution >= 4 is 17.8 Å². The van der Waals surface area contributed by atoms with Crippen LogP contribution in [0.15, 0.2) is 60.8 Å². The molecule has 1 N–H and O–H groups in total. The molecule has 1 saturated carbocycles. The van der Waals surface area contributed by atoms with Gasteiger partial charge in [0, 0.05) is 40.1 Å². The predicted molar refractivity (Wildman–Crippen MR) is 178 cm³/mol. The Balaban J connectivity index is 0.000000394. The van der Waals surface area contributed by atoms with Crippen molar-refractivity contribution in [2.45, 2.75) is 65.5 Å². The lowest BCUT2D eigenvalue weighted by atomic mass is 10.0. The van der Waals surface area contributed by atoms with E-state index >= 15 is 0 Å². The highest BCUT2D eigenvalue weighted by atomic mass is 16.7. The standard InChI is InChI=1S/C21H30N2O8.C15H16O.H2/c1-13(8-10-28-11-16-5-6-16)31-21(26)14(2)23-20(25)18-19(30-12-29-15(3)24)17(27-4)7-9-22-18;1-12-8-9-15(16-2)14(10-12)11-13-6-4-3-5-7-13;/h7,9,13-14,16H,5-6,8,10-12H2,1-4H3,(H,23,25);3-10H,11H2,1-2H3;1H/t13-,14-;;/m0../s1. The second kappa shape index (κ2) is 19.1. The van der Waals surface area contributed by atoms with E-state index < -0.39 is 30.7 Å². The average molecular weight is 653 g/mol. The second-order valence-electron chi connectivity index (χ2n) is 11.3. The number of carbonyl (C=O) groups excluding carboxylic acids is 3. The van der Waals surface area contributed by atoms with Gasteiger partial charge in [0.1, 0.15) is 17.9 Å². The van der Waals surface area contributed by atoms with Crippen LogP contribution in [0.5, 0.6) is 17.2 Å². The first-order valence-corrected chi connectivity index (χ1v) is 15.7. The number of nitrogens with one attached hydrogen (secondary N) is 1. The number of ether oxygens (including phenoxy) is 6. The van der Waals surface area contributed by atoms with E-state index in [1.807, 2.05) is 12.1 Å². The van der Waals surface area contributed by atoms with Crippen LogP contribution in [0.1, 0.15) is 68.6 Å². The summed E-state index contributed by atoms with van der Waals surface area (Å²) in [5.41, 5.74) is 3.71. The highest BCUT2D eigenvalue weighted by molar-refractivity contribution is 5.98. The van der Waals surface area contributed by atoms with Crippen LogP contribution in [0.2, 0.25) is 0 Å². The van der Waals surface area contributed by atoms with Gasteiger partial charge < -0.3 is 33.7 Å². The summed E-state index contributed by atoms with van der Waals surface area (Å²) in [7, 11) is 3.12. The third-order valence-electron chi connectivity index (χ3n) is 7.18. The molecule has 1 fully saturated rings. The first-order valence-electron chi connectivity index (χ1n) is 15.7. The van der Waals surface area contributed by atoms with Gasteiger partial charge in [-0.15, -0.1) is 0 Å². The maximum Gasteiger partial charge on any atom is 0.328 e. The Morgan fingerprint density at radius 1 is 1.00 bits per heavy atom. The molecule has 1 heterocycles. The summed E-state index contributed by atoms with van der Waals surface area (Å²) in [5.74, 6) is 0.0794. The third-order valence-corrected chi connectivity index (χ3v) is 7.18. The molecular formula is C36H48N2O9. The Bertz CT molecular complexity index is 1450. The summed E-state index contributed by atoms with van der Waals surface area (Å²) in [6.45, 7) is 7.47. The molecule has 256 valence electrons. The molecule has 0 radical (unpaired) electrons. The lowest BCUT2D eigenvalue weighted by Crippen LogP contribution is -2.41. The quantitative estimate of drug-likeness (QED) is 0.117. The average Bonchev–Trinajstić information content (AvgIpc) is 3.88. The van der Waals surface area contributed by atoms with Gasteiger partial charge in [0.05, 0.1) is 20.8 Å². The molecule has 0 saturated heterocycles. The van der Waals surface area contributed by atoms with Gasteiger partial charge in [0.25, 0.3) is 5.91 Å². The number of nitrogens with zero attached hydrogens (tertiary/aromatic N) is 1. The van der Waals surface area contributed by atoms with Crippen LogP contribution in [-0.4, -0.2) is 69.2 Å². The van der Waals surface area contributed by atoms with E-state index in [0.717, 1.165) is 18.8 Å². The minimum atomic E-state index is -0.920. The SMILES string of the molecule is COc1ccc(C)cc1Cc1ccccc1.COc1ccnc(C(=O)N[C@@H](C)C(=O)O[C@@H](C)CCOCC2CC2)c1OCOC(C)=O.[HH]. The van der Waals surface area contributed by atoms with Gasteiger partial charge in [-0.25, -0.2) is 9.78 Å². The molecule has 0 bridgehead atoms. The summed E-state index contributed by atoms with van der Waals surface area (Å²) >= 11 is 0. The molecule has 0 unspecified atom stereocenters. The van der Waals surface area contributed by atoms with E-state index in [0.29, 0.717) is 18.9 Å². The summed E-state index contributed by atoms with van der Waals surface area (Å²) in [5, 5.41) is 2.53. The molecule has 0 aliphatic heterocycles. The van der Waals surface area contributed by atoms with Crippen LogP contribution in [-0.2, 0) is 30.2 Å². The zero-order valence-corrected chi connectivity index (χ0v) is 28.1. The van der Waals surface area contributed by atoms with Crippen molar-refractivity contribution in [3.8, 4) is 17.2 Å². The van der Waals surface area contributed by atoms with Gasteiger partial charge in [0.15, 0.2) is 17.2 Å². The number of benzene rings is 2. The molecule has 2 aromatic carbocycles. The number of carbonyl (C=O) groups is 3. The third kappa shape index (κ3) is 12.9. The highest BCUT2D eigenvalue weighted by Gasteiger charge is 2.25. The van der Waals surface area contributed by atoms with Crippen molar-refractivity contribution in [2.75, 3.05) is 34.2 Å². The minimum Gasteiger partial charge on any atom is -0.496 e. The van der Waals surface area contributed by atoms with Crippen molar-refractivity contribution in [1.82, 2.24) is 10.3 Å². The van der Waals surface area contributed by atoms with Gasteiger partial charge in [0.2, 0.25) is 6.79 Å². The normalized spacial score (nSPS) is 13.2. The number of rotatable bonds is 16. The van der Waals surface area contributed by atoms with E-state index in [4.69, 9.17) is 28.4 Å². The van der Waals surface area contributed by atoms with Crippen molar-refractivity contribution < 1.29 is 44.2 Å².